The summed E-state index contributed by atoms with van der Waals surface area (Å²) in [7, 11) is 1.46. The highest BCUT2D eigenvalue weighted by molar-refractivity contribution is 7.23. The molecule has 0 saturated heterocycles. The van der Waals surface area contributed by atoms with Crippen LogP contribution in [0.2, 0.25) is 0 Å². The summed E-state index contributed by atoms with van der Waals surface area (Å²) in [6.45, 7) is 0. The van der Waals surface area contributed by atoms with E-state index in [2.05, 4.69) is 26.2 Å². The van der Waals surface area contributed by atoms with Crippen LogP contribution >= 0.6 is 11.3 Å². The zero-order chi connectivity index (χ0) is 23.3. The van der Waals surface area contributed by atoms with Crippen LogP contribution in [0.3, 0.4) is 0 Å². The first-order valence-electron chi connectivity index (χ1n) is 9.39. The van der Waals surface area contributed by atoms with Gasteiger partial charge >= 0.3 is 6.18 Å². The summed E-state index contributed by atoms with van der Waals surface area (Å²) in [4.78, 5) is 12.2. The summed E-state index contributed by atoms with van der Waals surface area (Å²) in [5, 5.41) is 14.6. The van der Waals surface area contributed by atoms with Crippen LogP contribution in [0.4, 0.5) is 18.2 Å². The molecule has 0 saturated carbocycles. The Morgan fingerprint density at radius 1 is 1.18 bits per heavy atom. The number of rotatable bonds is 3. The Labute approximate surface area is 187 Å². The standard InChI is InChI=1S/C21H12F3N7OS/c1-31-9-15(21(22,23)24)28-19(31)13-6-5-10(8-27-13)20-29-18(30-32-20)11-3-2-4-14-16(11)12(7-25)17(26)33-14/h2-6,8-9H,26H2,1H3. The molecule has 8 nitrogen and oxygen atoms in total. The van der Waals surface area contributed by atoms with Gasteiger partial charge in [-0.1, -0.05) is 17.3 Å². The quantitative estimate of drug-likeness (QED) is 0.401. The van der Waals surface area contributed by atoms with Crippen LogP contribution in [0.1, 0.15) is 11.3 Å². The van der Waals surface area contributed by atoms with E-state index in [1.807, 2.05) is 12.1 Å². The molecule has 164 valence electrons. The van der Waals surface area contributed by atoms with Crippen LogP contribution in [-0.2, 0) is 13.2 Å². The summed E-state index contributed by atoms with van der Waals surface area (Å²) < 4.78 is 46.2. The van der Waals surface area contributed by atoms with Crippen LogP contribution in [0, 0.1) is 11.3 Å². The van der Waals surface area contributed by atoms with Crippen molar-refractivity contribution in [3.8, 4) is 40.4 Å². The summed E-state index contributed by atoms with van der Waals surface area (Å²) in [5.41, 5.74) is 6.66. The lowest BCUT2D eigenvalue weighted by molar-refractivity contribution is -0.140. The molecular formula is C21H12F3N7OS. The van der Waals surface area contributed by atoms with Crippen molar-refractivity contribution < 1.29 is 17.7 Å². The van der Waals surface area contributed by atoms with E-state index in [1.165, 1.54) is 35.2 Å². The van der Waals surface area contributed by atoms with Crippen molar-refractivity contribution in [3.63, 3.8) is 0 Å². The average molecular weight is 467 g/mol. The number of pyridine rings is 1. The topological polar surface area (TPSA) is 119 Å². The van der Waals surface area contributed by atoms with Crippen LogP contribution < -0.4 is 5.73 Å². The Hall–Kier alpha value is -4.24. The highest BCUT2D eigenvalue weighted by atomic mass is 32.1. The van der Waals surface area contributed by atoms with Crippen LogP contribution in [0.5, 0.6) is 0 Å². The molecule has 5 aromatic rings. The van der Waals surface area contributed by atoms with Gasteiger partial charge in [0.25, 0.3) is 5.89 Å². The van der Waals surface area contributed by atoms with Crippen LogP contribution in [0.25, 0.3) is 44.4 Å². The number of thiophene rings is 1. The molecule has 0 radical (unpaired) electrons. The van der Waals surface area contributed by atoms with E-state index in [9.17, 15) is 18.4 Å². The van der Waals surface area contributed by atoms with Gasteiger partial charge in [0, 0.05) is 35.1 Å². The predicted molar refractivity (Wildman–Crippen MR) is 115 cm³/mol. The number of aromatic nitrogens is 5. The fraction of sp³-hybridized carbons (Fsp3) is 0.0952. The van der Waals surface area contributed by atoms with E-state index >= 15 is 0 Å². The first-order valence-corrected chi connectivity index (χ1v) is 10.2. The minimum absolute atomic E-state index is 0.0749. The van der Waals surface area contributed by atoms with Gasteiger partial charge in [0.05, 0.1) is 11.1 Å². The second kappa shape index (κ2) is 7.42. The third-order valence-corrected chi connectivity index (χ3v) is 5.91. The molecule has 0 unspecified atom stereocenters. The smallest absolute Gasteiger partial charge is 0.389 e. The maximum Gasteiger partial charge on any atom is 0.434 e. The molecule has 0 spiro atoms. The SMILES string of the molecule is Cn1cc(C(F)(F)F)nc1-c1ccc(-c2nc(-c3cccc4sc(N)c(C#N)c34)no2)cn1. The van der Waals surface area contributed by atoms with Crippen molar-refractivity contribution >= 4 is 26.4 Å². The number of nitriles is 1. The maximum absolute atomic E-state index is 12.9. The summed E-state index contributed by atoms with van der Waals surface area (Å²) in [6, 6.07) is 10.7. The zero-order valence-corrected chi connectivity index (χ0v) is 17.6. The number of hydrogen-bond acceptors (Lipinski definition) is 8. The fourth-order valence-corrected chi connectivity index (χ4v) is 4.36. The molecule has 1 aromatic carbocycles. The van der Waals surface area contributed by atoms with Gasteiger partial charge in [-0.15, -0.1) is 11.3 Å². The molecule has 2 N–H and O–H groups in total. The molecule has 12 heteroatoms. The summed E-state index contributed by atoms with van der Waals surface area (Å²) in [5.74, 6) is 0.511. The maximum atomic E-state index is 12.9. The zero-order valence-electron chi connectivity index (χ0n) is 16.8. The Morgan fingerprint density at radius 3 is 2.67 bits per heavy atom. The van der Waals surface area contributed by atoms with Gasteiger partial charge in [-0.25, -0.2) is 4.98 Å². The van der Waals surface area contributed by atoms with E-state index in [0.29, 0.717) is 27.1 Å². The van der Waals surface area contributed by atoms with E-state index < -0.39 is 11.9 Å². The lowest BCUT2D eigenvalue weighted by atomic mass is 10.1. The number of halogens is 3. The summed E-state index contributed by atoms with van der Waals surface area (Å²) in [6.07, 6.45) is -2.22. The Balaban J connectivity index is 1.49. The Kier molecular flexibility index (Phi) is 4.64. The number of fused-ring (bicyclic) bond motifs is 1. The Morgan fingerprint density at radius 2 is 2.00 bits per heavy atom. The van der Waals surface area contributed by atoms with Gasteiger partial charge in [0.1, 0.15) is 16.8 Å². The van der Waals surface area contributed by atoms with Crippen molar-refractivity contribution in [1.29, 1.82) is 5.26 Å². The Bertz CT molecular complexity index is 1540. The monoisotopic (exact) mass is 467 g/mol. The molecule has 4 aromatic heterocycles. The molecule has 0 atom stereocenters. The molecule has 5 rings (SSSR count). The van der Waals surface area contributed by atoms with Crippen LogP contribution in [-0.4, -0.2) is 24.7 Å². The van der Waals surface area contributed by atoms with E-state index in [-0.39, 0.29) is 23.2 Å². The number of benzene rings is 1. The minimum atomic E-state index is -4.54. The van der Waals surface area contributed by atoms with Gasteiger partial charge in [0.2, 0.25) is 5.82 Å². The number of hydrogen-bond donors (Lipinski definition) is 1. The van der Waals surface area contributed by atoms with Crippen molar-refractivity contribution in [1.82, 2.24) is 24.7 Å². The number of alkyl halides is 3. The minimum Gasteiger partial charge on any atom is -0.389 e. The third-order valence-electron chi connectivity index (χ3n) is 4.93. The summed E-state index contributed by atoms with van der Waals surface area (Å²) >= 11 is 1.30. The van der Waals surface area contributed by atoms with Gasteiger partial charge in [0.15, 0.2) is 11.5 Å². The first-order chi connectivity index (χ1) is 15.8. The second-order valence-corrected chi connectivity index (χ2v) is 8.13. The first kappa shape index (κ1) is 20.7. The van der Waals surface area contributed by atoms with Gasteiger partial charge in [-0.05, 0) is 18.2 Å². The number of imidazole rings is 1. The molecule has 0 fully saturated rings. The highest BCUT2D eigenvalue weighted by Crippen LogP contribution is 2.39. The predicted octanol–water partition coefficient (Wildman–Crippen LogP) is 4.89. The van der Waals surface area contributed by atoms with E-state index in [0.717, 1.165) is 10.9 Å². The normalized spacial score (nSPS) is 11.7. The second-order valence-electron chi connectivity index (χ2n) is 7.05. The van der Waals surface area contributed by atoms with Crippen molar-refractivity contribution in [2.75, 3.05) is 5.73 Å². The molecule has 0 aliphatic heterocycles. The van der Waals surface area contributed by atoms with Crippen molar-refractivity contribution in [2.24, 2.45) is 7.05 Å². The van der Waals surface area contributed by atoms with E-state index in [4.69, 9.17) is 10.3 Å². The van der Waals surface area contributed by atoms with Gasteiger partial charge in [-0.3, -0.25) is 4.98 Å². The van der Waals surface area contributed by atoms with Gasteiger partial charge in [-0.2, -0.15) is 23.4 Å². The fourth-order valence-electron chi connectivity index (χ4n) is 3.41. The number of nitrogens with two attached hydrogens (primary N) is 1. The molecule has 33 heavy (non-hydrogen) atoms. The number of aryl methyl sites for hydroxylation is 1. The molecule has 0 aliphatic rings. The average Bonchev–Trinajstić information content (AvgIpc) is 3.49. The number of nitrogens with zero attached hydrogens (tertiary/aromatic N) is 6. The highest BCUT2D eigenvalue weighted by Gasteiger charge is 2.34. The molecule has 0 amide bonds. The molecule has 0 bridgehead atoms. The molecule has 4 heterocycles. The lowest BCUT2D eigenvalue weighted by Gasteiger charge is -2.01. The van der Waals surface area contributed by atoms with E-state index in [1.54, 1.807) is 12.1 Å². The number of anilines is 1. The third kappa shape index (κ3) is 3.48. The molecular weight excluding hydrogens is 455 g/mol. The van der Waals surface area contributed by atoms with Crippen molar-refractivity contribution in [2.45, 2.75) is 6.18 Å². The van der Waals surface area contributed by atoms with Crippen molar-refractivity contribution in [3.05, 3.63) is 54.0 Å². The van der Waals surface area contributed by atoms with Gasteiger partial charge < -0.3 is 14.8 Å². The largest absolute Gasteiger partial charge is 0.434 e. The van der Waals surface area contributed by atoms with Crippen LogP contribution in [0.15, 0.2) is 47.2 Å². The molecule has 0 aliphatic carbocycles. The lowest BCUT2D eigenvalue weighted by Crippen LogP contribution is -2.04. The number of nitrogen functional groups attached to an aromatic ring is 1.